The number of Topliss-reactive ketones (excluding diaryl/α,β-unsaturated/α-hetero) is 1. The number of carbonyl (C=O) groups excluding carboxylic acids is 2. The molecule has 2 saturated heterocycles. The summed E-state index contributed by atoms with van der Waals surface area (Å²) in [4.78, 5) is 33.5. The second-order valence-electron chi connectivity index (χ2n) is 15.3. The Morgan fingerprint density at radius 2 is 1.54 bits per heavy atom. The quantitative estimate of drug-likeness (QED) is 0.121. The van der Waals surface area contributed by atoms with Crippen molar-refractivity contribution in [3.8, 4) is 0 Å². The van der Waals surface area contributed by atoms with Gasteiger partial charge in [0.1, 0.15) is 11.9 Å². The summed E-state index contributed by atoms with van der Waals surface area (Å²) in [7, 11) is -4.21. The lowest BCUT2D eigenvalue weighted by atomic mass is 9.73. The van der Waals surface area contributed by atoms with Crippen LogP contribution in [0.25, 0.3) is 6.08 Å². The van der Waals surface area contributed by atoms with E-state index in [2.05, 4.69) is 60.4 Å². The summed E-state index contributed by atoms with van der Waals surface area (Å²) in [5.74, 6) is -0.307. The minimum Gasteiger partial charge on any atom is -0.458 e. The lowest BCUT2D eigenvalue weighted by molar-refractivity contribution is -0.153. The van der Waals surface area contributed by atoms with E-state index in [9.17, 15) is 9.59 Å². The highest BCUT2D eigenvalue weighted by atomic mass is 32.1. The zero-order chi connectivity index (χ0) is 35.9. The molecule has 0 bridgehead atoms. The smallest absolute Gasteiger partial charge is 0.309 e. The second kappa shape index (κ2) is 17.8. The molecule has 0 saturated carbocycles. The van der Waals surface area contributed by atoms with Gasteiger partial charge in [0.2, 0.25) is 0 Å². The van der Waals surface area contributed by atoms with Crippen LogP contribution in [0.1, 0.15) is 119 Å². The summed E-state index contributed by atoms with van der Waals surface area (Å²) < 4.78 is 26.9. The number of ketones is 1. The van der Waals surface area contributed by atoms with E-state index in [1.807, 2.05) is 39.2 Å². The third kappa shape index (κ3) is 10.2. The van der Waals surface area contributed by atoms with E-state index in [-0.39, 0.29) is 48.3 Å². The Labute approximate surface area is 298 Å². The molecule has 2 fully saturated rings. The number of hydrogen-bond donors (Lipinski definition) is 0. The van der Waals surface area contributed by atoms with Gasteiger partial charge in [0.15, 0.2) is 16.6 Å². The summed E-state index contributed by atoms with van der Waals surface area (Å²) in [6.45, 7) is 25.7. The third-order valence-electron chi connectivity index (χ3n) is 12.0. The lowest BCUT2D eigenvalue weighted by Crippen LogP contribution is -2.53. The molecule has 0 spiro atoms. The van der Waals surface area contributed by atoms with Gasteiger partial charge < -0.3 is 18.3 Å². The van der Waals surface area contributed by atoms with Gasteiger partial charge in [0.05, 0.1) is 41.5 Å². The van der Waals surface area contributed by atoms with Crippen molar-refractivity contribution in [3.05, 3.63) is 21.7 Å². The van der Waals surface area contributed by atoms with Crippen LogP contribution in [0.4, 0.5) is 0 Å². The summed E-state index contributed by atoms with van der Waals surface area (Å²) in [5.41, 5.74) is 0.922. The predicted molar refractivity (Wildman–Crippen MR) is 203 cm³/mol. The van der Waals surface area contributed by atoms with Gasteiger partial charge in [0.25, 0.3) is 0 Å². The van der Waals surface area contributed by atoms with Gasteiger partial charge in [-0.05, 0) is 80.5 Å². The fourth-order valence-electron chi connectivity index (χ4n) is 7.75. The molecule has 2 aliphatic rings. The first kappa shape index (κ1) is 41.2. The van der Waals surface area contributed by atoms with Gasteiger partial charge in [0, 0.05) is 23.1 Å². The first-order valence-corrected chi connectivity index (χ1v) is 24.9. The molecule has 0 aromatic carbocycles. The number of esters is 1. The number of aromatic nitrogens is 1. The molecule has 48 heavy (non-hydrogen) atoms. The summed E-state index contributed by atoms with van der Waals surface area (Å²) in [6, 6.07) is 5.92. The number of ether oxygens (including phenoxy) is 2. The van der Waals surface area contributed by atoms with Crippen molar-refractivity contribution in [1.29, 1.82) is 0 Å². The fraction of sp³-hybridized carbons (Fsp3) is 0.816. The van der Waals surface area contributed by atoms with Crippen LogP contribution in [-0.4, -0.2) is 63.9 Å². The molecule has 2 aliphatic heterocycles. The van der Waals surface area contributed by atoms with E-state index in [0.717, 1.165) is 71.8 Å². The molecule has 274 valence electrons. The van der Waals surface area contributed by atoms with Crippen LogP contribution in [-0.2, 0) is 27.9 Å². The van der Waals surface area contributed by atoms with Crippen LogP contribution in [0.15, 0.2) is 11.0 Å². The number of carbonyl (C=O) groups is 2. The highest BCUT2D eigenvalue weighted by molar-refractivity contribution is 7.09. The van der Waals surface area contributed by atoms with E-state index in [4.69, 9.17) is 18.3 Å². The normalized spacial score (nSPS) is 29.8. The van der Waals surface area contributed by atoms with Gasteiger partial charge in [-0.3, -0.25) is 9.59 Å². The topological polar surface area (TPSA) is 87.2 Å². The maximum atomic E-state index is 14.9. The van der Waals surface area contributed by atoms with Crippen molar-refractivity contribution in [1.82, 2.24) is 4.98 Å². The monoisotopic (exact) mass is 721 g/mol. The molecular weight excluding hydrogens is 655 g/mol. The predicted octanol–water partition coefficient (Wildman–Crippen LogP) is 10.1. The van der Waals surface area contributed by atoms with Crippen molar-refractivity contribution >= 4 is 45.8 Å². The Balaban J connectivity index is 2.05. The Hall–Kier alpha value is -1.18. The zero-order valence-corrected chi connectivity index (χ0v) is 35.1. The number of nitrogens with zero attached hydrogens (tertiary/aromatic N) is 1. The van der Waals surface area contributed by atoms with Gasteiger partial charge in [-0.2, -0.15) is 0 Å². The molecule has 0 amide bonds. The fourth-order valence-corrected chi connectivity index (χ4v) is 14.3. The summed E-state index contributed by atoms with van der Waals surface area (Å²) in [6.07, 6.45) is 4.65. The first-order chi connectivity index (χ1) is 22.6. The molecule has 3 rings (SSSR count). The Kier molecular flexibility index (Phi) is 15.3. The molecule has 0 aliphatic carbocycles. The SMILES string of the molecule is CC[Si](CC)(CC)O[C@@H]1[C@H](C)CCC[C@@H]2O[C@H]2C[C@H](C(C)=Cc2csc(C)n2)OC(=O)C[C@@H](O[Si](CC)(CC)CC)C(C)(C)C(=O)[C@H]1C. The van der Waals surface area contributed by atoms with Crippen LogP contribution in [0, 0.1) is 24.2 Å². The van der Waals surface area contributed by atoms with Crippen LogP contribution < -0.4 is 0 Å². The van der Waals surface area contributed by atoms with Gasteiger partial charge >= 0.3 is 5.97 Å². The maximum Gasteiger partial charge on any atom is 0.309 e. The molecule has 7 atom stereocenters. The highest BCUT2D eigenvalue weighted by Crippen LogP contribution is 2.41. The van der Waals surface area contributed by atoms with E-state index < -0.39 is 34.3 Å². The van der Waals surface area contributed by atoms with E-state index in [0.29, 0.717) is 6.42 Å². The lowest BCUT2D eigenvalue weighted by Gasteiger charge is -2.44. The molecule has 3 heterocycles. The summed E-state index contributed by atoms with van der Waals surface area (Å²) >= 11 is 1.61. The van der Waals surface area contributed by atoms with Crippen molar-refractivity contribution in [3.63, 3.8) is 0 Å². The number of cyclic esters (lactones) is 1. The highest BCUT2D eigenvalue weighted by Gasteiger charge is 2.49. The zero-order valence-electron chi connectivity index (χ0n) is 32.3. The van der Waals surface area contributed by atoms with Crippen LogP contribution in [0.2, 0.25) is 36.3 Å². The number of epoxide rings is 1. The van der Waals surface area contributed by atoms with Gasteiger partial charge in [-0.25, -0.2) is 4.98 Å². The number of thiazole rings is 1. The Morgan fingerprint density at radius 3 is 2.08 bits per heavy atom. The van der Waals surface area contributed by atoms with Gasteiger partial charge in [-0.15, -0.1) is 11.3 Å². The maximum absolute atomic E-state index is 14.9. The molecule has 1 aromatic heterocycles. The van der Waals surface area contributed by atoms with E-state index in [1.165, 1.54) is 0 Å². The molecule has 10 heteroatoms. The molecule has 0 unspecified atom stereocenters. The Bertz CT molecular complexity index is 1210. The number of fused-ring (bicyclic) bond motifs is 1. The molecule has 7 nitrogen and oxygen atoms in total. The Morgan fingerprint density at radius 1 is 0.958 bits per heavy atom. The minimum atomic E-state index is -2.20. The van der Waals surface area contributed by atoms with Crippen molar-refractivity contribution in [2.24, 2.45) is 17.3 Å². The molecule has 1 aromatic rings. The average molecular weight is 722 g/mol. The van der Waals surface area contributed by atoms with Crippen LogP contribution in [0.5, 0.6) is 0 Å². The summed E-state index contributed by atoms with van der Waals surface area (Å²) in [5, 5.41) is 3.03. The first-order valence-electron chi connectivity index (χ1n) is 19.0. The van der Waals surface area contributed by atoms with Crippen LogP contribution >= 0.6 is 11.3 Å². The van der Waals surface area contributed by atoms with Crippen molar-refractivity contribution in [2.45, 2.75) is 182 Å². The number of aryl methyl sites for hydroxylation is 1. The second-order valence-corrected chi connectivity index (χ2v) is 25.8. The molecule has 0 N–H and O–H groups in total. The van der Waals surface area contributed by atoms with Crippen molar-refractivity contribution < 1.29 is 27.9 Å². The number of rotatable bonds is 12. The number of hydrogen-bond acceptors (Lipinski definition) is 8. The van der Waals surface area contributed by atoms with Crippen LogP contribution in [0.3, 0.4) is 0 Å². The van der Waals surface area contributed by atoms with Gasteiger partial charge in [-0.1, -0.05) is 75.7 Å². The largest absolute Gasteiger partial charge is 0.458 e. The van der Waals surface area contributed by atoms with E-state index in [1.54, 1.807) is 11.3 Å². The molecule has 0 radical (unpaired) electrons. The minimum absolute atomic E-state index is 0.0351. The average Bonchev–Trinajstić information content (AvgIpc) is 3.68. The van der Waals surface area contributed by atoms with E-state index >= 15 is 0 Å². The third-order valence-corrected chi connectivity index (χ3v) is 22.1. The van der Waals surface area contributed by atoms with Crippen molar-refractivity contribution in [2.75, 3.05) is 0 Å². The molecular formula is C38H67NO6SSi2. The standard InChI is InChI=1S/C38H67NO6SSi2/c1-13-47(14-2,15-3)44-34-24-35(40)43-32(27(8)22-30-25-46-29(10)39-30)23-33-31(42-33)21-19-20-26(7)36(28(9)37(41)38(34,11)12)45-48(16-4,17-5)18-6/h22,25-26,28,31-34,36H,13-21,23-24H2,1-12H3/t26-,28+,31+,32-,33+,34-,36-/m1/s1.